The van der Waals surface area contributed by atoms with Crippen molar-refractivity contribution in [2.45, 2.75) is 6.42 Å². The molecule has 13 heavy (non-hydrogen) atoms. The molecular weight excluding hydrogens is 207 g/mol. The van der Waals surface area contributed by atoms with Crippen LogP contribution in [0.15, 0.2) is 23.2 Å². The van der Waals surface area contributed by atoms with Crippen molar-refractivity contribution in [1.29, 1.82) is 0 Å². The molecule has 70 valence electrons. The molecule has 0 aromatic heterocycles. The molecule has 0 amide bonds. The Labute approximate surface area is 87.4 Å². The van der Waals surface area contributed by atoms with Crippen LogP contribution < -0.4 is 5.73 Å². The first-order valence-corrected chi connectivity index (χ1v) is 4.54. The minimum atomic E-state index is 0.559. The molecule has 0 heterocycles. The van der Waals surface area contributed by atoms with Crippen LogP contribution in [0, 0.1) is 0 Å². The number of amidine groups is 1. The van der Waals surface area contributed by atoms with Gasteiger partial charge in [0.1, 0.15) is 0 Å². The Balaban J connectivity index is 2.90. The SMILES string of the molecule is CN=C(N)Cc1ccc(Cl)cc1Cl. The van der Waals surface area contributed by atoms with Gasteiger partial charge < -0.3 is 5.73 Å². The van der Waals surface area contributed by atoms with Gasteiger partial charge in [-0.3, -0.25) is 4.99 Å². The van der Waals surface area contributed by atoms with Crippen molar-refractivity contribution in [2.24, 2.45) is 10.7 Å². The third-order valence-electron chi connectivity index (χ3n) is 1.67. The number of hydrogen-bond donors (Lipinski definition) is 1. The zero-order chi connectivity index (χ0) is 9.84. The summed E-state index contributed by atoms with van der Waals surface area (Å²) in [4.78, 5) is 3.85. The van der Waals surface area contributed by atoms with Gasteiger partial charge in [-0.1, -0.05) is 29.3 Å². The number of nitrogens with two attached hydrogens (primary N) is 1. The fourth-order valence-corrected chi connectivity index (χ4v) is 1.41. The van der Waals surface area contributed by atoms with Crippen LogP contribution in [0.25, 0.3) is 0 Å². The van der Waals surface area contributed by atoms with E-state index in [0.29, 0.717) is 22.3 Å². The van der Waals surface area contributed by atoms with Crippen molar-refractivity contribution < 1.29 is 0 Å². The van der Waals surface area contributed by atoms with Gasteiger partial charge in [0, 0.05) is 23.5 Å². The summed E-state index contributed by atoms with van der Waals surface area (Å²) in [6.07, 6.45) is 0.562. The van der Waals surface area contributed by atoms with Gasteiger partial charge in [-0.05, 0) is 17.7 Å². The van der Waals surface area contributed by atoms with Crippen molar-refractivity contribution in [3.8, 4) is 0 Å². The summed E-state index contributed by atoms with van der Waals surface area (Å²) in [5.41, 5.74) is 6.51. The van der Waals surface area contributed by atoms with Crippen LogP contribution in [0.3, 0.4) is 0 Å². The number of rotatable bonds is 2. The molecule has 1 rings (SSSR count). The lowest BCUT2D eigenvalue weighted by Gasteiger charge is -2.03. The van der Waals surface area contributed by atoms with Crippen molar-refractivity contribution >= 4 is 29.0 Å². The summed E-state index contributed by atoms with van der Waals surface area (Å²) in [5.74, 6) is 0.559. The molecule has 0 saturated heterocycles. The Morgan fingerprint density at radius 2 is 2.15 bits per heavy atom. The second-order valence-electron chi connectivity index (χ2n) is 2.63. The van der Waals surface area contributed by atoms with Gasteiger partial charge in [-0.25, -0.2) is 0 Å². The van der Waals surface area contributed by atoms with Crippen molar-refractivity contribution in [3.05, 3.63) is 33.8 Å². The predicted molar refractivity (Wildman–Crippen MR) is 57.7 cm³/mol. The highest BCUT2D eigenvalue weighted by atomic mass is 35.5. The average Bonchev–Trinajstić information content (AvgIpc) is 2.09. The van der Waals surface area contributed by atoms with Crippen LogP contribution in [-0.4, -0.2) is 12.9 Å². The molecule has 0 atom stereocenters. The molecule has 0 aliphatic rings. The molecule has 2 nitrogen and oxygen atoms in total. The fraction of sp³-hybridized carbons (Fsp3) is 0.222. The lowest BCUT2D eigenvalue weighted by molar-refractivity contribution is 1.25. The molecule has 1 aromatic carbocycles. The van der Waals surface area contributed by atoms with Gasteiger partial charge in [0.05, 0.1) is 5.84 Å². The van der Waals surface area contributed by atoms with E-state index >= 15 is 0 Å². The second-order valence-corrected chi connectivity index (χ2v) is 3.47. The van der Waals surface area contributed by atoms with E-state index in [2.05, 4.69) is 4.99 Å². The van der Waals surface area contributed by atoms with Crippen LogP contribution in [-0.2, 0) is 6.42 Å². The third kappa shape index (κ3) is 2.90. The maximum atomic E-state index is 5.94. The number of benzene rings is 1. The van der Waals surface area contributed by atoms with Gasteiger partial charge in [-0.15, -0.1) is 0 Å². The quantitative estimate of drug-likeness (QED) is 0.599. The van der Waals surface area contributed by atoms with Crippen molar-refractivity contribution in [2.75, 3.05) is 7.05 Å². The average molecular weight is 217 g/mol. The minimum Gasteiger partial charge on any atom is -0.387 e. The van der Waals surface area contributed by atoms with E-state index in [-0.39, 0.29) is 0 Å². The van der Waals surface area contributed by atoms with Crippen molar-refractivity contribution in [1.82, 2.24) is 0 Å². The molecule has 0 bridgehead atoms. The molecule has 1 aromatic rings. The van der Waals surface area contributed by atoms with E-state index in [1.165, 1.54) is 0 Å². The Morgan fingerprint density at radius 3 is 2.69 bits per heavy atom. The topological polar surface area (TPSA) is 38.4 Å². The first-order chi connectivity index (χ1) is 6.13. The molecule has 0 saturated carbocycles. The minimum absolute atomic E-state index is 0.559. The van der Waals surface area contributed by atoms with Crippen LogP contribution in [0.1, 0.15) is 5.56 Å². The number of halogens is 2. The smallest absolute Gasteiger partial charge is 0.0978 e. The molecule has 0 spiro atoms. The Bertz CT molecular complexity index is 334. The number of hydrogen-bond acceptors (Lipinski definition) is 1. The van der Waals surface area contributed by atoms with E-state index in [1.54, 1.807) is 19.2 Å². The molecule has 0 unspecified atom stereocenters. The molecule has 0 fully saturated rings. The normalized spacial score (nSPS) is 11.8. The zero-order valence-corrected chi connectivity index (χ0v) is 8.73. The first kappa shape index (κ1) is 10.4. The Kier molecular flexibility index (Phi) is 3.58. The molecule has 4 heteroatoms. The maximum absolute atomic E-state index is 5.94. The van der Waals surface area contributed by atoms with Crippen LogP contribution >= 0.6 is 23.2 Å². The first-order valence-electron chi connectivity index (χ1n) is 3.78. The lowest BCUT2D eigenvalue weighted by atomic mass is 10.1. The van der Waals surface area contributed by atoms with E-state index in [1.807, 2.05) is 6.07 Å². The molecule has 2 N–H and O–H groups in total. The molecule has 0 aliphatic heterocycles. The summed E-state index contributed by atoms with van der Waals surface area (Å²) in [5, 5.41) is 1.25. The summed E-state index contributed by atoms with van der Waals surface area (Å²) in [6.45, 7) is 0. The van der Waals surface area contributed by atoms with Crippen LogP contribution in [0.4, 0.5) is 0 Å². The van der Waals surface area contributed by atoms with E-state index in [0.717, 1.165) is 5.56 Å². The third-order valence-corrected chi connectivity index (χ3v) is 2.26. The molecule has 0 aliphatic carbocycles. The number of nitrogens with zero attached hydrogens (tertiary/aromatic N) is 1. The number of aliphatic imine (C=N–C) groups is 1. The summed E-state index contributed by atoms with van der Waals surface area (Å²) in [7, 11) is 1.65. The Hall–Kier alpha value is -0.730. The van der Waals surface area contributed by atoms with Gasteiger partial charge >= 0.3 is 0 Å². The maximum Gasteiger partial charge on any atom is 0.0978 e. The second kappa shape index (κ2) is 4.49. The summed E-state index contributed by atoms with van der Waals surface area (Å²) in [6, 6.07) is 5.33. The lowest BCUT2D eigenvalue weighted by Crippen LogP contribution is -2.14. The standard InChI is InChI=1S/C9H10Cl2N2/c1-13-9(12)4-6-2-3-7(10)5-8(6)11/h2-3,5H,4H2,1H3,(H2,12,13). The summed E-state index contributed by atoms with van der Waals surface area (Å²) >= 11 is 11.7. The van der Waals surface area contributed by atoms with Gasteiger partial charge in [0.2, 0.25) is 0 Å². The van der Waals surface area contributed by atoms with E-state index < -0.39 is 0 Å². The van der Waals surface area contributed by atoms with E-state index in [4.69, 9.17) is 28.9 Å². The highest BCUT2D eigenvalue weighted by Gasteiger charge is 2.02. The molecule has 0 radical (unpaired) electrons. The molecular formula is C9H10Cl2N2. The van der Waals surface area contributed by atoms with E-state index in [9.17, 15) is 0 Å². The fourth-order valence-electron chi connectivity index (χ4n) is 0.939. The van der Waals surface area contributed by atoms with Crippen LogP contribution in [0.5, 0.6) is 0 Å². The highest BCUT2D eigenvalue weighted by Crippen LogP contribution is 2.21. The zero-order valence-electron chi connectivity index (χ0n) is 7.22. The van der Waals surface area contributed by atoms with Gasteiger partial charge in [-0.2, -0.15) is 0 Å². The predicted octanol–water partition coefficient (Wildman–Crippen LogP) is 2.52. The van der Waals surface area contributed by atoms with Crippen LogP contribution in [0.2, 0.25) is 10.0 Å². The van der Waals surface area contributed by atoms with Crippen molar-refractivity contribution in [3.63, 3.8) is 0 Å². The Morgan fingerprint density at radius 1 is 1.46 bits per heavy atom. The summed E-state index contributed by atoms with van der Waals surface area (Å²) < 4.78 is 0. The monoisotopic (exact) mass is 216 g/mol. The van der Waals surface area contributed by atoms with Gasteiger partial charge in [0.15, 0.2) is 0 Å². The highest BCUT2D eigenvalue weighted by molar-refractivity contribution is 6.35. The van der Waals surface area contributed by atoms with Gasteiger partial charge in [0.25, 0.3) is 0 Å². The largest absolute Gasteiger partial charge is 0.387 e.